The molecule has 0 radical (unpaired) electrons. The van der Waals surface area contributed by atoms with Crippen molar-refractivity contribution in [1.82, 2.24) is 5.32 Å². The van der Waals surface area contributed by atoms with E-state index >= 15 is 0 Å². The molecule has 6 heteroatoms. The van der Waals surface area contributed by atoms with Crippen LogP contribution in [0.5, 0.6) is 0 Å². The van der Waals surface area contributed by atoms with Crippen LogP contribution >= 0.6 is 0 Å². The normalized spacial score (nSPS) is 13.4. The number of nitrogens with one attached hydrogen (secondary N) is 2. The van der Waals surface area contributed by atoms with Gasteiger partial charge in [0.2, 0.25) is 5.91 Å². The van der Waals surface area contributed by atoms with Crippen LogP contribution in [0.2, 0.25) is 0 Å². The van der Waals surface area contributed by atoms with Crippen molar-refractivity contribution >= 4 is 29.1 Å². The van der Waals surface area contributed by atoms with E-state index < -0.39 is 11.8 Å². The van der Waals surface area contributed by atoms with E-state index in [1.165, 1.54) is 0 Å². The minimum atomic E-state index is -0.672. The van der Waals surface area contributed by atoms with E-state index in [2.05, 4.69) is 10.6 Å². The van der Waals surface area contributed by atoms with Crippen LogP contribution in [0.4, 0.5) is 11.4 Å². The molecule has 0 aliphatic carbocycles. The van der Waals surface area contributed by atoms with Gasteiger partial charge in [0.15, 0.2) is 0 Å². The lowest BCUT2D eigenvalue weighted by atomic mass is 9.99. The van der Waals surface area contributed by atoms with E-state index in [4.69, 9.17) is 0 Å². The number of nitrogens with zero attached hydrogens (tertiary/aromatic N) is 1. The highest BCUT2D eigenvalue weighted by Gasteiger charge is 2.24. The summed E-state index contributed by atoms with van der Waals surface area (Å²) in [5.41, 5.74) is 2.49. The molecule has 2 N–H and O–H groups in total. The lowest BCUT2D eigenvalue weighted by Gasteiger charge is -2.31. The molecule has 0 saturated heterocycles. The zero-order valence-electron chi connectivity index (χ0n) is 14.5. The van der Waals surface area contributed by atoms with E-state index in [0.29, 0.717) is 12.2 Å². The van der Waals surface area contributed by atoms with Crippen LogP contribution in [0.25, 0.3) is 0 Å². The fourth-order valence-electron chi connectivity index (χ4n) is 2.72. The van der Waals surface area contributed by atoms with Crippen molar-refractivity contribution in [2.45, 2.75) is 40.0 Å². The molecule has 1 aromatic rings. The Balaban J connectivity index is 2.12. The Bertz CT molecular complexity index is 640. The van der Waals surface area contributed by atoms with Crippen LogP contribution in [0, 0.1) is 5.92 Å². The third-order valence-corrected chi connectivity index (χ3v) is 3.96. The van der Waals surface area contributed by atoms with Gasteiger partial charge in [0.25, 0.3) is 0 Å². The number of hydrogen-bond donors (Lipinski definition) is 2. The predicted octanol–water partition coefficient (Wildman–Crippen LogP) is 2.09. The molecule has 3 amide bonds. The first-order chi connectivity index (χ1) is 11.4. The summed E-state index contributed by atoms with van der Waals surface area (Å²) >= 11 is 0. The van der Waals surface area contributed by atoms with E-state index in [9.17, 15) is 14.4 Å². The average Bonchev–Trinajstić information content (AvgIpc) is 2.58. The second-order valence-electron chi connectivity index (χ2n) is 6.30. The zero-order chi connectivity index (χ0) is 17.7. The van der Waals surface area contributed by atoms with Crippen LogP contribution in [-0.4, -0.2) is 30.8 Å². The van der Waals surface area contributed by atoms with E-state index in [-0.39, 0.29) is 11.8 Å². The highest BCUT2D eigenvalue weighted by molar-refractivity contribution is 6.39. The summed E-state index contributed by atoms with van der Waals surface area (Å²) in [4.78, 5) is 37.6. The molecule has 1 heterocycles. The van der Waals surface area contributed by atoms with Crippen molar-refractivity contribution in [3.63, 3.8) is 0 Å². The highest BCUT2D eigenvalue weighted by Crippen LogP contribution is 2.30. The number of amides is 3. The molecule has 1 aromatic carbocycles. The summed E-state index contributed by atoms with van der Waals surface area (Å²) in [7, 11) is 0. The van der Waals surface area contributed by atoms with Gasteiger partial charge in [-0.25, -0.2) is 0 Å². The first-order valence-electron chi connectivity index (χ1n) is 8.47. The van der Waals surface area contributed by atoms with E-state index in [1.54, 1.807) is 6.07 Å². The molecule has 0 atom stereocenters. The van der Waals surface area contributed by atoms with Crippen LogP contribution in [0.1, 0.15) is 39.2 Å². The molecule has 0 fully saturated rings. The van der Waals surface area contributed by atoms with Crippen molar-refractivity contribution in [3.8, 4) is 0 Å². The molecule has 1 aliphatic heterocycles. The van der Waals surface area contributed by atoms with Crippen LogP contribution < -0.4 is 15.5 Å². The monoisotopic (exact) mass is 331 g/mol. The number of anilines is 2. The second kappa shape index (κ2) is 7.95. The first-order valence-corrected chi connectivity index (χ1v) is 8.47. The van der Waals surface area contributed by atoms with Crippen LogP contribution in [0.3, 0.4) is 0 Å². The average molecular weight is 331 g/mol. The van der Waals surface area contributed by atoms with Crippen molar-refractivity contribution in [3.05, 3.63) is 23.8 Å². The SMILES string of the molecule is CCCNC(=O)C(=O)Nc1ccc2c(c1)CCCN2C(=O)C(C)C. The topological polar surface area (TPSA) is 78.5 Å². The third kappa shape index (κ3) is 4.13. The number of carbonyl (C=O) groups excluding carboxylic acids is 3. The molecule has 24 heavy (non-hydrogen) atoms. The van der Waals surface area contributed by atoms with Gasteiger partial charge < -0.3 is 15.5 Å². The molecular weight excluding hydrogens is 306 g/mol. The lowest BCUT2D eigenvalue weighted by molar-refractivity contribution is -0.136. The van der Waals surface area contributed by atoms with Gasteiger partial charge in [0, 0.05) is 30.4 Å². The fourth-order valence-corrected chi connectivity index (χ4v) is 2.72. The summed E-state index contributed by atoms with van der Waals surface area (Å²) in [5.74, 6) is -1.26. The Hall–Kier alpha value is -2.37. The van der Waals surface area contributed by atoms with Gasteiger partial charge in [0.1, 0.15) is 0 Å². The second-order valence-corrected chi connectivity index (χ2v) is 6.30. The molecule has 6 nitrogen and oxygen atoms in total. The van der Waals surface area contributed by atoms with Gasteiger partial charge >= 0.3 is 11.8 Å². The van der Waals surface area contributed by atoms with E-state index in [0.717, 1.165) is 37.1 Å². The summed E-state index contributed by atoms with van der Waals surface area (Å²) in [6.07, 6.45) is 2.51. The van der Waals surface area contributed by atoms with Crippen LogP contribution in [0.15, 0.2) is 18.2 Å². The van der Waals surface area contributed by atoms with Gasteiger partial charge in [-0.05, 0) is 43.0 Å². The maximum atomic E-state index is 12.3. The Morgan fingerprint density at radius 1 is 1.21 bits per heavy atom. The van der Waals surface area contributed by atoms with Gasteiger partial charge in [-0.1, -0.05) is 20.8 Å². The predicted molar refractivity (Wildman–Crippen MR) is 93.9 cm³/mol. The minimum Gasteiger partial charge on any atom is -0.348 e. The van der Waals surface area contributed by atoms with Crippen molar-refractivity contribution in [1.29, 1.82) is 0 Å². The molecule has 0 spiro atoms. The quantitative estimate of drug-likeness (QED) is 0.829. The number of rotatable bonds is 4. The molecule has 2 rings (SSSR count). The Labute approximate surface area is 142 Å². The molecular formula is C18H25N3O3. The Morgan fingerprint density at radius 2 is 1.96 bits per heavy atom. The first kappa shape index (κ1) is 18.0. The number of benzene rings is 1. The minimum absolute atomic E-state index is 0.0578. The summed E-state index contributed by atoms with van der Waals surface area (Å²) in [6, 6.07) is 5.42. The van der Waals surface area contributed by atoms with Crippen molar-refractivity contribution in [2.75, 3.05) is 23.3 Å². The Kier molecular flexibility index (Phi) is 5.95. The van der Waals surface area contributed by atoms with Gasteiger partial charge in [0.05, 0.1) is 0 Å². The summed E-state index contributed by atoms with van der Waals surface area (Å²) < 4.78 is 0. The highest BCUT2D eigenvalue weighted by atomic mass is 16.2. The lowest BCUT2D eigenvalue weighted by Crippen LogP contribution is -2.38. The van der Waals surface area contributed by atoms with Gasteiger partial charge in [-0.2, -0.15) is 0 Å². The van der Waals surface area contributed by atoms with Gasteiger partial charge in [-0.15, -0.1) is 0 Å². The summed E-state index contributed by atoms with van der Waals surface area (Å²) in [5, 5.41) is 5.16. The molecule has 0 saturated carbocycles. The Morgan fingerprint density at radius 3 is 2.62 bits per heavy atom. The molecule has 1 aliphatic rings. The summed E-state index contributed by atoms with van der Waals surface area (Å²) in [6.45, 7) is 6.89. The van der Waals surface area contributed by atoms with Crippen LogP contribution in [-0.2, 0) is 20.8 Å². The molecule has 0 bridgehead atoms. The maximum absolute atomic E-state index is 12.3. The zero-order valence-corrected chi connectivity index (χ0v) is 14.5. The van der Waals surface area contributed by atoms with Crippen molar-refractivity contribution in [2.24, 2.45) is 5.92 Å². The smallest absolute Gasteiger partial charge is 0.313 e. The van der Waals surface area contributed by atoms with Gasteiger partial charge in [-0.3, -0.25) is 14.4 Å². The standard InChI is InChI=1S/C18H25N3O3/c1-4-9-19-16(22)17(23)20-14-7-8-15-13(11-14)6-5-10-21(15)18(24)12(2)3/h7-8,11-12H,4-6,9-10H2,1-3H3,(H,19,22)(H,20,23). The largest absolute Gasteiger partial charge is 0.348 e. The third-order valence-electron chi connectivity index (χ3n) is 3.96. The number of hydrogen-bond acceptors (Lipinski definition) is 3. The molecule has 0 aromatic heterocycles. The fraction of sp³-hybridized carbons (Fsp3) is 0.500. The number of aryl methyl sites for hydroxylation is 1. The van der Waals surface area contributed by atoms with Crippen molar-refractivity contribution < 1.29 is 14.4 Å². The molecule has 0 unspecified atom stereocenters. The molecule has 130 valence electrons. The number of fused-ring (bicyclic) bond motifs is 1. The van der Waals surface area contributed by atoms with E-state index in [1.807, 2.05) is 37.8 Å². The maximum Gasteiger partial charge on any atom is 0.313 e. The number of carbonyl (C=O) groups is 3.